The van der Waals surface area contributed by atoms with Gasteiger partial charge >= 0.3 is 0 Å². The molecule has 3 rings (SSSR count). The minimum atomic E-state index is 0.154. The van der Waals surface area contributed by atoms with Crippen molar-refractivity contribution in [1.82, 2.24) is 14.9 Å². The third kappa shape index (κ3) is 3.05. The van der Waals surface area contributed by atoms with Crippen molar-refractivity contribution >= 4 is 11.9 Å². The molecule has 0 spiro atoms. The van der Waals surface area contributed by atoms with Gasteiger partial charge in [0.15, 0.2) is 0 Å². The summed E-state index contributed by atoms with van der Waals surface area (Å²) in [6.45, 7) is 7.93. The van der Waals surface area contributed by atoms with E-state index < -0.39 is 0 Å². The highest BCUT2D eigenvalue weighted by Gasteiger charge is 2.25. The fourth-order valence-corrected chi connectivity index (χ4v) is 2.62. The minimum Gasteiger partial charge on any atom is -0.378 e. The van der Waals surface area contributed by atoms with Crippen molar-refractivity contribution in [2.75, 3.05) is 31.2 Å². The van der Waals surface area contributed by atoms with E-state index >= 15 is 0 Å². The Morgan fingerprint density at radius 1 is 1.38 bits per heavy atom. The molecule has 1 aromatic heterocycles. The van der Waals surface area contributed by atoms with Gasteiger partial charge in [0.2, 0.25) is 11.9 Å². The van der Waals surface area contributed by atoms with E-state index in [9.17, 15) is 4.79 Å². The summed E-state index contributed by atoms with van der Waals surface area (Å²) < 4.78 is 5.34. The number of nitrogens with zero attached hydrogens (tertiary/aromatic N) is 4. The van der Waals surface area contributed by atoms with Gasteiger partial charge in [-0.15, -0.1) is 6.58 Å². The first-order chi connectivity index (χ1) is 10.3. The van der Waals surface area contributed by atoms with E-state index in [0.29, 0.717) is 32.7 Å². The Morgan fingerprint density at radius 2 is 2.19 bits per heavy atom. The lowest BCUT2D eigenvalue weighted by Crippen LogP contribution is -2.37. The number of carbonyl (C=O) groups is 1. The van der Waals surface area contributed by atoms with Gasteiger partial charge in [-0.2, -0.15) is 0 Å². The van der Waals surface area contributed by atoms with Gasteiger partial charge in [0.05, 0.1) is 25.5 Å². The summed E-state index contributed by atoms with van der Waals surface area (Å²) in [4.78, 5) is 25.1. The number of carbonyl (C=O) groups excluding carboxylic acids is 1. The van der Waals surface area contributed by atoms with Crippen LogP contribution in [0, 0.1) is 0 Å². The smallest absolute Gasteiger partial charge is 0.225 e. The summed E-state index contributed by atoms with van der Waals surface area (Å²) >= 11 is 0. The molecule has 21 heavy (non-hydrogen) atoms. The van der Waals surface area contributed by atoms with Crippen molar-refractivity contribution in [3.8, 4) is 0 Å². The van der Waals surface area contributed by atoms with Gasteiger partial charge in [-0.1, -0.05) is 6.08 Å². The molecular formula is C15H20N4O2. The molecule has 0 N–H and O–H groups in total. The van der Waals surface area contributed by atoms with E-state index in [-0.39, 0.29) is 5.91 Å². The average Bonchev–Trinajstić information content (AvgIpc) is 2.96. The number of ether oxygens (including phenoxy) is 1. The largest absolute Gasteiger partial charge is 0.378 e. The van der Waals surface area contributed by atoms with Crippen LogP contribution in [-0.4, -0.2) is 47.1 Å². The topological polar surface area (TPSA) is 58.6 Å². The van der Waals surface area contributed by atoms with Gasteiger partial charge in [-0.05, 0) is 6.42 Å². The molecule has 1 aromatic rings. The fourth-order valence-electron chi connectivity index (χ4n) is 2.62. The van der Waals surface area contributed by atoms with Crippen LogP contribution in [0.5, 0.6) is 0 Å². The van der Waals surface area contributed by atoms with Crippen LogP contribution in [-0.2, 0) is 22.6 Å². The van der Waals surface area contributed by atoms with E-state index in [1.165, 1.54) is 0 Å². The van der Waals surface area contributed by atoms with Crippen LogP contribution < -0.4 is 4.90 Å². The average molecular weight is 288 g/mol. The highest BCUT2D eigenvalue weighted by molar-refractivity contribution is 5.77. The molecule has 3 heterocycles. The SMILES string of the molecule is C=CCCC(=O)N1Cc2cnc(N3CCOCC3)nc2C1. The second-order valence-electron chi connectivity index (χ2n) is 5.32. The van der Waals surface area contributed by atoms with Gasteiger partial charge in [0.1, 0.15) is 0 Å². The molecule has 6 heteroatoms. The number of allylic oxidation sites excluding steroid dienone is 1. The summed E-state index contributed by atoms with van der Waals surface area (Å²) in [6.07, 6.45) is 4.86. The Morgan fingerprint density at radius 3 is 2.95 bits per heavy atom. The number of aromatic nitrogens is 2. The van der Waals surface area contributed by atoms with Crippen molar-refractivity contribution in [2.45, 2.75) is 25.9 Å². The van der Waals surface area contributed by atoms with Crippen LogP contribution >= 0.6 is 0 Å². The molecule has 0 aliphatic carbocycles. The molecule has 6 nitrogen and oxygen atoms in total. The summed E-state index contributed by atoms with van der Waals surface area (Å²) in [5, 5.41) is 0. The van der Waals surface area contributed by atoms with E-state index in [2.05, 4.69) is 21.4 Å². The first kappa shape index (κ1) is 14.0. The maximum atomic E-state index is 12.1. The maximum Gasteiger partial charge on any atom is 0.225 e. The zero-order chi connectivity index (χ0) is 14.7. The van der Waals surface area contributed by atoms with E-state index in [1.807, 2.05) is 11.1 Å². The lowest BCUT2D eigenvalue weighted by atomic mass is 10.3. The van der Waals surface area contributed by atoms with Gasteiger partial charge in [-0.25, -0.2) is 9.97 Å². The Hall–Kier alpha value is -1.95. The zero-order valence-electron chi connectivity index (χ0n) is 12.1. The van der Waals surface area contributed by atoms with Gasteiger partial charge < -0.3 is 14.5 Å². The normalized spacial score (nSPS) is 17.7. The maximum absolute atomic E-state index is 12.1. The van der Waals surface area contributed by atoms with Crippen LogP contribution in [0.15, 0.2) is 18.9 Å². The second kappa shape index (κ2) is 6.22. The van der Waals surface area contributed by atoms with Crippen molar-refractivity contribution in [2.24, 2.45) is 0 Å². The first-order valence-electron chi connectivity index (χ1n) is 7.34. The highest BCUT2D eigenvalue weighted by Crippen LogP contribution is 2.23. The third-order valence-electron chi connectivity index (χ3n) is 3.85. The summed E-state index contributed by atoms with van der Waals surface area (Å²) in [5.41, 5.74) is 2.03. The lowest BCUT2D eigenvalue weighted by molar-refractivity contribution is -0.131. The fraction of sp³-hybridized carbons (Fsp3) is 0.533. The minimum absolute atomic E-state index is 0.154. The molecule has 0 radical (unpaired) electrons. The third-order valence-corrected chi connectivity index (χ3v) is 3.85. The first-order valence-corrected chi connectivity index (χ1v) is 7.34. The second-order valence-corrected chi connectivity index (χ2v) is 5.32. The molecule has 0 unspecified atom stereocenters. The Bertz CT molecular complexity index is 540. The number of anilines is 1. The molecule has 2 aliphatic rings. The van der Waals surface area contributed by atoms with Gasteiger partial charge in [0, 0.05) is 37.8 Å². The van der Waals surface area contributed by atoms with Crippen molar-refractivity contribution in [3.05, 3.63) is 30.1 Å². The number of morpholine rings is 1. The summed E-state index contributed by atoms with van der Waals surface area (Å²) in [6, 6.07) is 0. The van der Waals surface area contributed by atoms with Crippen LogP contribution in [0.3, 0.4) is 0 Å². The molecule has 0 atom stereocenters. The molecule has 1 fully saturated rings. The quantitative estimate of drug-likeness (QED) is 0.777. The summed E-state index contributed by atoms with van der Waals surface area (Å²) in [7, 11) is 0. The predicted molar refractivity (Wildman–Crippen MR) is 78.7 cm³/mol. The van der Waals surface area contributed by atoms with Crippen LogP contribution in [0.1, 0.15) is 24.1 Å². The van der Waals surface area contributed by atoms with Crippen LogP contribution in [0.4, 0.5) is 5.95 Å². The molecule has 0 bridgehead atoms. The van der Waals surface area contributed by atoms with Crippen molar-refractivity contribution in [3.63, 3.8) is 0 Å². The highest BCUT2D eigenvalue weighted by atomic mass is 16.5. The Kier molecular flexibility index (Phi) is 4.15. The van der Waals surface area contributed by atoms with E-state index in [0.717, 1.165) is 36.7 Å². The number of amides is 1. The van der Waals surface area contributed by atoms with Crippen molar-refractivity contribution < 1.29 is 9.53 Å². The van der Waals surface area contributed by atoms with Crippen molar-refractivity contribution in [1.29, 1.82) is 0 Å². The monoisotopic (exact) mass is 288 g/mol. The number of fused-ring (bicyclic) bond motifs is 1. The zero-order valence-corrected chi connectivity index (χ0v) is 12.1. The number of hydrogen-bond acceptors (Lipinski definition) is 5. The van der Waals surface area contributed by atoms with Crippen LogP contribution in [0.25, 0.3) is 0 Å². The van der Waals surface area contributed by atoms with Gasteiger partial charge in [-0.3, -0.25) is 4.79 Å². The van der Waals surface area contributed by atoms with E-state index in [4.69, 9.17) is 4.74 Å². The number of hydrogen-bond donors (Lipinski definition) is 0. The molecular weight excluding hydrogens is 268 g/mol. The molecule has 1 amide bonds. The molecule has 2 aliphatic heterocycles. The molecule has 0 saturated carbocycles. The lowest BCUT2D eigenvalue weighted by Gasteiger charge is -2.26. The summed E-state index contributed by atoms with van der Waals surface area (Å²) in [5.74, 6) is 0.901. The molecule has 1 saturated heterocycles. The Balaban J connectivity index is 1.68. The Labute approximate surface area is 124 Å². The number of rotatable bonds is 4. The molecule has 0 aromatic carbocycles. The van der Waals surface area contributed by atoms with E-state index in [1.54, 1.807) is 6.08 Å². The predicted octanol–water partition coefficient (Wildman–Crippen LogP) is 1.12. The van der Waals surface area contributed by atoms with Gasteiger partial charge in [0.25, 0.3) is 0 Å². The standard InChI is InChI=1S/C15H20N4O2/c1-2-3-4-14(20)19-10-12-9-16-15(17-13(12)11-19)18-5-7-21-8-6-18/h2,9H,1,3-8,10-11H2. The molecule has 112 valence electrons. The van der Waals surface area contributed by atoms with Crippen LogP contribution in [0.2, 0.25) is 0 Å².